The topological polar surface area (TPSA) is 63.8 Å². The van der Waals surface area contributed by atoms with Gasteiger partial charge in [-0.25, -0.2) is 4.98 Å². The van der Waals surface area contributed by atoms with Gasteiger partial charge in [0.25, 0.3) is 0 Å². The van der Waals surface area contributed by atoms with Crippen molar-refractivity contribution in [1.82, 2.24) is 19.5 Å². The van der Waals surface area contributed by atoms with Crippen LogP contribution in [0.1, 0.15) is 26.3 Å². The van der Waals surface area contributed by atoms with E-state index >= 15 is 0 Å². The highest BCUT2D eigenvalue weighted by Gasteiger charge is 2.24. The van der Waals surface area contributed by atoms with Gasteiger partial charge in [0.1, 0.15) is 17.1 Å². The van der Waals surface area contributed by atoms with Gasteiger partial charge < -0.3 is 9.67 Å². The zero-order valence-electron chi connectivity index (χ0n) is 26.0. The molecule has 0 fully saturated rings. The lowest BCUT2D eigenvalue weighted by molar-refractivity contribution is 0.476. The van der Waals surface area contributed by atoms with Gasteiger partial charge in [-0.1, -0.05) is 88.9 Å². The number of imidazole rings is 1. The quantitative estimate of drug-likeness (QED) is 0.207. The van der Waals surface area contributed by atoms with Crippen LogP contribution >= 0.6 is 0 Å². The fraction of sp³-hybridized carbons (Fsp3) is 0.216. The van der Waals surface area contributed by atoms with Crippen molar-refractivity contribution >= 4 is 24.3 Å². The molecule has 0 bridgehead atoms. The Morgan fingerprint density at radius 1 is 0.721 bits per heavy atom. The second-order valence-corrected chi connectivity index (χ2v) is 18.4. The molecule has 1 N–H and O–H groups in total. The number of fused-ring (bicyclic) bond motifs is 1. The largest absolute Gasteiger partial charge is 0.507 e. The maximum absolute atomic E-state index is 10.6. The Bertz CT molecular complexity index is 1960. The summed E-state index contributed by atoms with van der Waals surface area (Å²) in [5.41, 5.74) is 10.1. The van der Waals surface area contributed by atoms with Gasteiger partial charge in [-0.15, -0.1) is 0 Å². The number of para-hydroxylation sites is 1. The van der Waals surface area contributed by atoms with E-state index in [0.29, 0.717) is 11.4 Å². The summed E-state index contributed by atoms with van der Waals surface area (Å²) in [6, 6.07) is 27.0. The number of hydrogen-bond acceptors (Lipinski definition) is 4. The lowest BCUT2D eigenvalue weighted by Gasteiger charge is -2.23. The van der Waals surface area contributed by atoms with Gasteiger partial charge in [0, 0.05) is 30.6 Å². The van der Waals surface area contributed by atoms with E-state index in [1.54, 1.807) is 6.07 Å². The van der Waals surface area contributed by atoms with E-state index in [4.69, 9.17) is 9.97 Å². The summed E-state index contributed by atoms with van der Waals surface area (Å²) in [5.74, 6) is 0.903. The Morgan fingerprint density at radius 3 is 2.12 bits per heavy atom. The average Bonchev–Trinajstić information content (AvgIpc) is 3.32. The fourth-order valence-corrected chi connectivity index (χ4v) is 7.12. The number of rotatable bonds is 5. The van der Waals surface area contributed by atoms with E-state index in [1.165, 1.54) is 21.9 Å². The molecule has 0 radical (unpaired) electrons. The predicted octanol–water partition coefficient (Wildman–Crippen LogP) is 8.58. The van der Waals surface area contributed by atoms with E-state index in [2.05, 4.69) is 106 Å². The second kappa shape index (κ2) is 10.6. The normalized spacial score (nSPS) is 12.2. The highest BCUT2D eigenvalue weighted by molar-refractivity contribution is 6.89. The first-order valence-corrected chi connectivity index (χ1v) is 18.2. The monoisotopic (exact) mass is 582 g/mol. The Morgan fingerprint density at radius 2 is 1.42 bits per heavy atom. The lowest BCUT2D eigenvalue weighted by Crippen LogP contribution is -2.39. The van der Waals surface area contributed by atoms with Crippen LogP contribution in [-0.4, -0.2) is 32.7 Å². The third kappa shape index (κ3) is 5.39. The molecule has 3 aromatic carbocycles. The predicted molar refractivity (Wildman–Crippen MR) is 181 cm³/mol. The molecule has 6 rings (SSSR count). The van der Waals surface area contributed by atoms with Gasteiger partial charge >= 0.3 is 0 Å². The number of hydrogen-bond donors (Lipinski definition) is 1. The highest BCUT2D eigenvalue weighted by Crippen LogP contribution is 2.38. The molecule has 0 saturated heterocycles. The van der Waals surface area contributed by atoms with Crippen LogP contribution in [-0.2, 0) is 12.5 Å². The minimum absolute atomic E-state index is 0.0856. The van der Waals surface area contributed by atoms with Crippen LogP contribution in [0.5, 0.6) is 5.75 Å². The molecule has 3 heterocycles. The van der Waals surface area contributed by atoms with Crippen LogP contribution in [0.2, 0.25) is 19.6 Å². The molecule has 5 nitrogen and oxygen atoms in total. The molecule has 43 heavy (non-hydrogen) atoms. The number of pyridine rings is 2. The number of phenolic OH excluding ortho intramolecular Hbond substituents is 1. The number of aromatic nitrogens is 4. The third-order valence-corrected chi connectivity index (χ3v) is 10.2. The Hall–Kier alpha value is -4.55. The molecule has 6 heteroatoms. The van der Waals surface area contributed by atoms with E-state index in [9.17, 15) is 5.11 Å². The zero-order chi connectivity index (χ0) is 30.5. The van der Waals surface area contributed by atoms with Crippen molar-refractivity contribution in [2.75, 3.05) is 0 Å². The number of phenols is 1. The Kier molecular flexibility index (Phi) is 7.05. The van der Waals surface area contributed by atoms with Crippen LogP contribution in [0, 0.1) is 0 Å². The minimum atomic E-state index is -1.65. The molecule has 0 aliphatic heterocycles. The van der Waals surface area contributed by atoms with Crippen molar-refractivity contribution in [3.05, 3.63) is 103 Å². The van der Waals surface area contributed by atoms with Crippen molar-refractivity contribution in [2.24, 2.45) is 7.05 Å². The molecule has 0 saturated carbocycles. The fourth-order valence-electron chi connectivity index (χ4n) is 5.65. The molecule has 0 aliphatic carbocycles. The molecular weight excluding hydrogens is 545 g/mol. The van der Waals surface area contributed by atoms with Crippen molar-refractivity contribution in [3.8, 4) is 50.6 Å². The van der Waals surface area contributed by atoms with E-state index in [0.717, 1.165) is 33.4 Å². The van der Waals surface area contributed by atoms with Crippen molar-refractivity contribution in [3.63, 3.8) is 0 Å². The summed E-state index contributed by atoms with van der Waals surface area (Å²) in [6.45, 7) is 13.8. The SMILES string of the molecule is Cn1c(-c2ccccc2O)nc2c(-c3cc(-c4cc(-c5ccccc5)c([Si](C)(C)C)cn4)cc(C(C)(C)C)c3)cncc21. The lowest BCUT2D eigenvalue weighted by atomic mass is 9.83. The maximum atomic E-state index is 10.6. The van der Waals surface area contributed by atoms with Crippen LogP contribution in [0.3, 0.4) is 0 Å². The second-order valence-electron chi connectivity index (χ2n) is 13.3. The molecule has 0 amide bonds. The standard InChI is InChI=1S/C37H38N4OSi/c1-37(2,3)27-18-25(30-21-38-22-32-35(30)40-36(41(32)4)28-15-11-12-16-33(28)42)17-26(19-27)31-20-29(24-13-9-8-10-14-24)34(23-39-31)43(5,6)7/h8-23,42H,1-7H3. The number of benzene rings is 3. The summed E-state index contributed by atoms with van der Waals surface area (Å²) >= 11 is 0. The molecule has 0 aliphatic rings. The van der Waals surface area contributed by atoms with Gasteiger partial charge in [-0.3, -0.25) is 9.97 Å². The molecule has 0 atom stereocenters. The molecular formula is C37H38N4OSi. The van der Waals surface area contributed by atoms with Crippen LogP contribution in [0.15, 0.2) is 97.5 Å². The maximum Gasteiger partial charge on any atom is 0.144 e. The number of nitrogens with zero attached hydrogens (tertiary/aromatic N) is 4. The van der Waals surface area contributed by atoms with E-state index in [1.807, 2.05) is 42.2 Å². The Balaban J connectivity index is 1.57. The number of aromatic hydroxyl groups is 1. The zero-order valence-corrected chi connectivity index (χ0v) is 27.0. The summed E-state index contributed by atoms with van der Waals surface area (Å²) in [4.78, 5) is 14.8. The Labute approximate surface area is 255 Å². The van der Waals surface area contributed by atoms with Crippen molar-refractivity contribution in [2.45, 2.75) is 45.8 Å². The van der Waals surface area contributed by atoms with Crippen molar-refractivity contribution < 1.29 is 5.11 Å². The summed E-state index contributed by atoms with van der Waals surface area (Å²) in [5, 5.41) is 11.9. The molecule has 6 aromatic rings. The molecule has 216 valence electrons. The van der Waals surface area contributed by atoms with E-state index in [-0.39, 0.29) is 11.2 Å². The smallest absolute Gasteiger partial charge is 0.144 e. The van der Waals surface area contributed by atoms with Gasteiger partial charge in [0.2, 0.25) is 0 Å². The minimum Gasteiger partial charge on any atom is -0.507 e. The molecule has 3 aromatic heterocycles. The van der Waals surface area contributed by atoms with Crippen LogP contribution in [0.4, 0.5) is 0 Å². The first-order chi connectivity index (χ1) is 20.4. The first kappa shape index (κ1) is 28.6. The highest BCUT2D eigenvalue weighted by atomic mass is 28.3. The summed E-state index contributed by atoms with van der Waals surface area (Å²) in [7, 11) is 0.313. The number of aryl methyl sites for hydroxylation is 1. The first-order valence-electron chi connectivity index (χ1n) is 14.7. The third-order valence-electron chi connectivity index (χ3n) is 8.14. The van der Waals surface area contributed by atoms with Gasteiger partial charge in [-0.05, 0) is 63.2 Å². The average molecular weight is 583 g/mol. The van der Waals surface area contributed by atoms with Crippen LogP contribution < -0.4 is 5.19 Å². The summed E-state index contributed by atoms with van der Waals surface area (Å²) < 4.78 is 2.00. The van der Waals surface area contributed by atoms with Gasteiger partial charge in [-0.2, -0.15) is 0 Å². The van der Waals surface area contributed by atoms with Crippen molar-refractivity contribution in [1.29, 1.82) is 0 Å². The van der Waals surface area contributed by atoms with Gasteiger partial charge in [0.15, 0.2) is 0 Å². The summed E-state index contributed by atoms with van der Waals surface area (Å²) in [6.07, 6.45) is 5.84. The van der Waals surface area contributed by atoms with Crippen LogP contribution in [0.25, 0.3) is 55.9 Å². The van der Waals surface area contributed by atoms with E-state index < -0.39 is 8.07 Å². The molecule has 0 unspecified atom stereocenters. The van der Waals surface area contributed by atoms with Gasteiger partial charge in [0.05, 0.1) is 31.0 Å². The molecule has 0 spiro atoms.